The number of benzene rings is 1. The average molecular weight is 346 g/mol. The van der Waals surface area contributed by atoms with E-state index in [0.717, 1.165) is 16.7 Å². The maximum Gasteiger partial charge on any atom is 0.348 e. The third kappa shape index (κ3) is 3.70. The van der Waals surface area contributed by atoms with Gasteiger partial charge in [0, 0.05) is 29.4 Å². The number of rotatable bonds is 3. The molecule has 0 amide bonds. The highest BCUT2D eigenvalue weighted by molar-refractivity contribution is 6.30. The third-order valence-electron chi connectivity index (χ3n) is 4.00. The molecule has 3 rings (SSSR count). The molecule has 0 saturated carbocycles. The summed E-state index contributed by atoms with van der Waals surface area (Å²) in [6.45, 7) is 6.55. The van der Waals surface area contributed by atoms with Crippen LogP contribution in [0.1, 0.15) is 37.5 Å². The molecule has 0 bridgehead atoms. The molecular weight excluding hydrogens is 326 g/mol. The van der Waals surface area contributed by atoms with Gasteiger partial charge in [0.15, 0.2) is 6.10 Å². The molecule has 1 aromatic heterocycles. The van der Waals surface area contributed by atoms with E-state index in [4.69, 9.17) is 21.1 Å². The Hall–Kier alpha value is -2.07. The monoisotopic (exact) mass is 345 g/mol. The topological polar surface area (TPSA) is 48.4 Å². The summed E-state index contributed by atoms with van der Waals surface area (Å²) in [5.74, 6) is 0.321. The van der Waals surface area contributed by atoms with E-state index < -0.39 is 6.10 Å². The Balaban J connectivity index is 1.61. The van der Waals surface area contributed by atoms with E-state index in [2.05, 4.69) is 25.8 Å². The zero-order valence-electron chi connectivity index (χ0n) is 14.0. The summed E-state index contributed by atoms with van der Waals surface area (Å²) < 4.78 is 11.0. The Labute approximate surface area is 146 Å². The summed E-state index contributed by atoms with van der Waals surface area (Å²) >= 11 is 5.96. The summed E-state index contributed by atoms with van der Waals surface area (Å²) in [5.41, 5.74) is 2.91. The van der Waals surface area contributed by atoms with Gasteiger partial charge in [0.05, 0.1) is 0 Å². The van der Waals surface area contributed by atoms with Crippen LogP contribution < -0.4 is 4.74 Å². The lowest BCUT2D eigenvalue weighted by Gasteiger charge is -2.19. The molecule has 2 heterocycles. The van der Waals surface area contributed by atoms with Gasteiger partial charge in [0.1, 0.15) is 12.4 Å². The Kier molecular flexibility index (Phi) is 4.50. The summed E-state index contributed by atoms with van der Waals surface area (Å²) in [5, 5.41) is 0.636. The SMILES string of the molecule is CC(C)(C)c1cncc(COC(=O)C2Cc3cc(Cl)ccc3O2)c1. The van der Waals surface area contributed by atoms with E-state index in [9.17, 15) is 4.79 Å². The third-order valence-corrected chi connectivity index (χ3v) is 4.24. The van der Waals surface area contributed by atoms with Crippen molar-refractivity contribution in [3.63, 3.8) is 0 Å². The number of hydrogen-bond donors (Lipinski definition) is 0. The van der Waals surface area contributed by atoms with Crippen molar-refractivity contribution < 1.29 is 14.3 Å². The van der Waals surface area contributed by atoms with Crippen molar-refractivity contribution in [1.82, 2.24) is 4.98 Å². The van der Waals surface area contributed by atoms with Gasteiger partial charge >= 0.3 is 5.97 Å². The van der Waals surface area contributed by atoms with E-state index in [1.54, 1.807) is 18.3 Å². The predicted molar refractivity (Wildman–Crippen MR) is 92.3 cm³/mol. The molecule has 0 radical (unpaired) electrons. The summed E-state index contributed by atoms with van der Waals surface area (Å²) in [6.07, 6.45) is 3.42. The minimum atomic E-state index is -0.614. The molecule has 2 aromatic rings. The highest BCUT2D eigenvalue weighted by atomic mass is 35.5. The number of carbonyl (C=O) groups excluding carboxylic acids is 1. The van der Waals surface area contributed by atoms with Crippen LogP contribution in [0.15, 0.2) is 36.7 Å². The minimum Gasteiger partial charge on any atom is -0.478 e. The van der Waals surface area contributed by atoms with E-state index in [0.29, 0.717) is 17.2 Å². The Bertz CT molecular complexity index is 767. The van der Waals surface area contributed by atoms with Crippen LogP contribution in [0.2, 0.25) is 5.02 Å². The average Bonchev–Trinajstić information content (AvgIpc) is 2.95. The van der Waals surface area contributed by atoms with Crippen LogP contribution in [-0.4, -0.2) is 17.1 Å². The maximum absolute atomic E-state index is 12.3. The smallest absolute Gasteiger partial charge is 0.348 e. The van der Waals surface area contributed by atoms with Crippen molar-refractivity contribution in [3.8, 4) is 5.75 Å². The molecule has 0 saturated heterocycles. The summed E-state index contributed by atoms with van der Waals surface area (Å²) in [6, 6.07) is 7.37. The Morgan fingerprint density at radius 2 is 2.12 bits per heavy atom. The van der Waals surface area contributed by atoms with Crippen molar-refractivity contribution in [1.29, 1.82) is 0 Å². The van der Waals surface area contributed by atoms with Crippen LogP contribution >= 0.6 is 11.6 Å². The standard InChI is InChI=1S/C19H20ClNO3/c1-19(2,3)14-6-12(9-21-10-14)11-23-18(22)17-8-13-7-15(20)4-5-16(13)24-17/h4-7,9-10,17H,8,11H2,1-3H3. The molecule has 5 heteroatoms. The van der Waals surface area contributed by atoms with E-state index in [1.165, 1.54) is 0 Å². The number of carbonyl (C=O) groups is 1. The van der Waals surface area contributed by atoms with Gasteiger partial charge in [-0.2, -0.15) is 0 Å². The van der Waals surface area contributed by atoms with Gasteiger partial charge in [0.25, 0.3) is 0 Å². The lowest BCUT2D eigenvalue weighted by Crippen LogP contribution is -2.27. The van der Waals surface area contributed by atoms with Gasteiger partial charge in [-0.15, -0.1) is 0 Å². The van der Waals surface area contributed by atoms with Gasteiger partial charge in [-0.05, 0) is 40.8 Å². The van der Waals surface area contributed by atoms with Gasteiger partial charge in [-0.25, -0.2) is 4.79 Å². The van der Waals surface area contributed by atoms with Crippen LogP contribution in [-0.2, 0) is 28.0 Å². The summed E-state index contributed by atoms with van der Waals surface area (Å²) in [4.78, 5) is 16.5. The quantitative estimate of drug-likeness (QED) is 0.786. The number of aromatic nitrogens is 1. The highest BCUT2D eigenvalue weighted by Crippen LogP contribution is 2.31. The summed E-state index contributed by atoms with van der Waals surface area (Å²) in [7, 11) is 0. The molecule has 0 spiro atoms. The molecule has 1 aliphatic rings. The van der Waals surface area contributed by atoms with Crippen molar-refractivity contribution in [2.75, 3.05) is 0 Å². The molecule has 24 heavy (non-hydrogen) atoms. The van der Waals surface area contributed by atoms with Gasteiger partial charge in [-0.1, -0.05) is 32.4 Å². The largest absolute Gasteiger partial charge is 0.478 e. The molecular formula is C19H20ClNO3. The number of halogens is 1. The van der Waals surface area contributed by atoms with Crippen molar-refractivity contribution in [2.24, 2.45) is 0 Å². The number of ether oxygens (including phenoxy) is 2. The lowest BCUT2D eigenvalue weighted by molar-refractivity contribution is -0.152. The minimum absolute atomic E-state index is 0.00248. The fourth-order valence-corrected chi connectivity index (χ4v) is 2.77. The van der Waals surface area contributed by atoms with Crippen LogP contribution in [0.3, 0.4) is 0 Å². The zero-order valence-corrected chi connectivity index (χ0v) is 14.8. The highest BCUT2D eigenvalue weighted by Gasteiger charge is 2.30. The molecule has 1 aromatic carbocycles. The van der Waals surface area contributed by atoms with Crippen molar-refractivity contribution in [3.05, 3.63) is 58.4 Å². The van der Waals surface area contributed by atoms with Crippen LogP contribution in [0.25, 0.3) is 0 Å². The molecule has 0 N–H and O–H groups in total. The van der Waals surface area contributed by atoms with Crippen LogP contribution in [0, 0.1) is 0 Å². The Morgan fingerprint density at radius 1 is 1.33 bits per heavy atom. The maximum atomic E-state index is 12.3. The number of pyridine rings is 1. The molecule has 1 unspecified atom stereocenters. The fraction of sp³-hybridized carbons (Fsp3) is 0.368. The first-order valence-corrected chi connectivity index (χ1v) is 8.27. The van der Waals surface area contributed by atoms with Gasteiger partial charge < -0.3 is 9.47 Å². The molecule has 0 aliphatic carbocycles. The van der Waals surface area contributed by atoms with Crippen molar-refractivity contribution >= 4 is 17.6 Å². The second-order valence-electron chi connectivity index (χ2n) is 7.00. The first kappa shape index (κ1) is 16.8. The molecule has 1 atom stereocenters. The second-order valence-corrected chi connectivity index (χ2v) is 7.44. The fourth-order valence-electron chi connectivity index (χ4n) is 2.57. The van der Waals surface area contributed by atoms with Crippen molar-refractivity contribution in [2.45, 2.75) is 45.3 Å². The molecule has 1 aliphatic heterocycles. The number of esters is 1. The number of nitrogens with zero attached hydrogens (tertiary/aromatic N) is 1. The molecule has 126 valence electrons. The second kappa shape index (κ2) is 6.44. The lowest BCUT2D eigenvalue weighted by atomic mass is 9.88. The van der Waals surface area contributed by atoms with Crippen LogP contribution in [0.4, 0.5) is 0 Å². The predicted octanol–water partition coefficient (Wildman–Crippen LogP) is 4.08. The van der Waals surface area contributed by atoms with Gasteiger partial charge in [-0.3, -0.25) is 4.98 Å². The molecule has 4 nitrogen and oxygen atoms in total. The van der Waals surface area contributed by atoms with Crippen LogP contribution in [0.5, 0.6) is 5.75 Å². The normalized spacial score (nSPS) is 16.4. The Morgan fingerprint density at radius 3 is 2.88 bits per heavy atom. The zero-order chi connectivity index (χ0) is 17.3. The number of fused-ring (bicyclic) bond motifs is 1. The van der Waals surface area contributed by atoms with Gasteiger partial charge in [0.2, 0.25) is 0 Å². The first-order chi connectivity index (χ1) is 11.3. The van der Waals surface area contributed by atoms with E-state index in [1.807, 2.05) is 18.3 Å². The molecule has 0 fully saturated rings. The number of hydrogen-bond acceptors (Lipinski definition) is 4. The van der Waals surface area contributed by atoms with E-state index >= 15 is 0 Å². The first-order valence-electron chi connectivity index (χ1n) is 7.89. The van der Waals surface area contributed by atoms with E-state index in [-0.39, 0.29) is 18.0 Å².